The molecular weight excluding hydrogens is 332 g/mol. The van der Waals surface area contributed by atoms with Crippen LogP contribution in [0.4, 0.5) is 5.13 Å². The third-order valence-corrected chi connectivity index (χ3v) is 5.51. The highest BCUT2D eigenvalue weighted by molar-refractivity contribution is 7.22. The lowest BCUT2D eigenvalue weighted by atomic mass is 10.1. The summed E-state index contributed by atoms with van der Waals surface area (Å²) in [6, 6.07) is 18.2. The molecule has 0 spiro atoms. The zero-order chi connectivity index (χ0) is 17.1. The fourth-order valence-corrected chi connectivity index (χ4v) is 4.10. The number of hydrogen-bond acceptors (Lipinski definition) is 4. The Hall–Kier alpha value is -2.24. The highest BCUT2D eigenvalue weighted by Gasteiger charge is 2.30. The first-order valence-electron chi connectivity index (χ1n) is 8.64. The Morgan fingerprint density at radius 1 is 1.16 bits per heavy atom. The first-order valence-corrected chi connectivity index (χ1v) is 9.45. The Morgan fingerprint density at radius 3 is 2.72 bits per heavy atom. The normalized spacial score (nSPS) is 17.0. The number of nitrogens with zero attached hydrogens (tertiary/aromatic N) is 2. The Labute approximate surface area is 151 Å². The van der Waals surface area contributed by atoms with E-state index < -0.39 is 0 Å². The molecule has 128 valence electrons. The molecule has 1 aliphatic heterocycles. The summed E-state index contributed by atoms with van der Waals surface area (Å²) in [6.07, 6.45) is 2.21. The molecule has 2 heterocycles. The molecule has 0 N–H and O–H groups in total. The van der Waals surface area contributed by atoms with Crippen molar-refractivity contribution in [2.24, 2.45) is 0 Å². The Kier molecular flexibility index (Phi) is 4.76. The van der Waals surface area contributed by atoms with E-state index in [2.05, 4.69) is 17.1 Å². The van der Waals surface area contributed by atoms with Crippen molar-refractivity contribution >= 4 is 32.6 Å². The van der Waals surface area contributed by atoms with E-state index in [0.717, 1.165) is 34.6 Å². The van der Waals surface area contributed by atoms with E-state index in [1.54, 1.807) is 11.3 Å². The van der Waals surface area contributed by atoms with Gasteiger partial charge in [0.2, 0.25) is 0 Å². The van der Waals surface area contributed by atoms with Gasteiger partial charge in [0.05, 0.1) is 10.2 Å². The molecule has 1 unspecified atom stereocenters. The number of benzene rings is 2. The molecule has 1 aliphatic rings. The smallest absolute Gasteiger partial charge is 0.257 e. The van der Waals surface area contributed by atoms with E-state index in [4.69, 9.17) is 4.74 Å². The topological polar surface area (TPSA) is 42.4 Å². The van der Waals surface area contributed by atoms with E-state index >= 15 is 0 Å². The molecule has 0 bridgehead atoms. The minimum atomic E-state index is -0.331. The molecule has 2 aromatic carbocycles. The third-order valence-electron chi connectivity index (χ3n) is 4.45. The maximum absolute atomic E-state index is 13.0. The molecule has 1 aromatic heterocycles. The minimum absolute atomic E-state index is 0.0347. The summed E-state index contributed by atoms with van der Waals surface area (Å²) in [5, 5.41) is 0.762. The number of amides is 1. The number of carbonyl (C=O) groups excluding carboxylic acids is 1. The van der Waals surface area contributed by atoms with Crippen LogP contribution in [0, 0.1) is 0 Å². The number of carbonyl (C=O) groups is 1. The molecular formula is C20H20N2O2S. The Bertz CT molecular complexity index is 823. The molecule has 5 heteroatoms. The van der Waals surface area contributed by atoms with Crippen molar-refractivity contribution in [3.8, 4) is 0 Å². The minimum Gasteiger partial charge on any atom is -0.368 e. The van der Waals surface area contributed by atoms with Crippen LogP contribution in [0.1, 0.15) is 18.4 Å². The number of anilines is 1. The van der Waals surface area contributed by atoms with E-state index in [-0.39, 0.29) is 12.0 Å². The van der Waals surface area contributed by atoms with Crippen LogP contribution in [-0.2, 0) is 16.0 Å². The number of ether oxygens (including phenoxy) is 1. The van der Waals surface area contributed by atoms with Crippen LogP contribution in [0.5, 0.6) is 0 Å². The summed E-state index contributed by atoms with van der Waals surface area (Å²) in [6.45, 7) is 1.28. The predicted octanol–water partition coefficient (Wildman–Crippen LogP) is 4.05. The van der Waals surface area contributed by atoms with Crippen molar-refractivity contribution in [1.82, 2.24) is 4.98 Å². The van der Waals surface area contributed by atoms with E-state index in [0.29, 0.717) is 13.2 Å². The standard InChI is InChI=1S/C20H20N2O2S/c23-19(17-10-6-14-24-17)22(13-12-15-7-2-1-3-8-15)20-21-16-9-4-5-11-18(16)25-20/h1-5,7-9,11,17H,6,10,12-14H2. The lowest BCUT2D eigenvalue weighted by Crippen LogP contribution is -2.40. The number of thiazole rings is 1. The van der Waals surface area contributed by atoms with Crippen molar-refractivity contribution in [3.05, 3.63) is 60.2 Å². The van der Waals surface area contributed by atoms with Crippen LogP contribution >= 0.6 is 11.3 Å². The zero-order valence-electron chi connectivity index (χ0n) is 13.9. The number of hydrogen-bond donors (Lipinski definition) is 0. The molecule has 1 amide bonds. The average Bonchev–Trinajstić information content (AvgIpc) is 3.32. The summed E-state index contributed by atoms with van der Waals surface area (Å²) >= 11 is 1.57. The van der Waals surface area contributed by atoms with Gasteiger partial charge in [-0.25, -0.2) is 4.98 Å². The zero-order valence-corrected chi connectivity index (χ0v) is 14.7. The molecule has 1 atom stereocenters. The van der Waals surface area contributed by atoms with Crippen LogP contribution < -0.4 is 4.90 Å². The molecule has 4 nitrogen and oxygen atoms in total. The van der Waals surface area contributed by atoms with Gasteiger partial charge >= 0.3 is 0 Å². The van der Waals surface area contributed by atoms with Crippen molar-refractivity contribution in [2.75, 3.05) is 18.1 Å². The Balaban J connectivity index is 1.61. The molecule has 1 fully saturated rings. The second kappa shape index (κ2) is 7.33. The third kappa shape index (κ3) is 3.57. The highest BCUT2D eigenvalue weighted by atomic mass is 32.1. The van der Waals surface area contributed by atoms with Crippen LogP contribution in [0.25, 0.3) is 10.2 Å². The van der Waals surface area contributed by atoms with Crippen LogP contribution in [0.15, 0.2) is 54.6 Å². The lowest BCUT2D eigenvalue weighted by molar-refractivity contribution is -0.127. The lowest BCUT2D eigenvalue weighted by Gasteiger charge is -2.22. The number of rotatable bonds is 5. The van der Waals surface area contributed by atoms with Gasteiger partial charge in [-0.15, -0.1) is 0 Å². The highest BCUT2D eigenvalue weighted by Crippen LogP contribution is 2.30. The van der Waals surface area contributed by atoms with Gasteiger partial charge in [0.25, 0.3) is 5.91 Å². The van der Waals surface area contributed by atoms with Crippen molar-refractivity contribution in [2.45, 2.75) is 25.4 Å². The molecule has 4 rings (SSSR count). The quantitative estimate of drug-likeness (QED) is 0.696. The molecule has 1 saturated heterocycles. The van der Waals surface area contributed by atoms with Gasteiger partial charge in [0, 0.05) is 13.2 Å². The molecule has 0 saturated carbocycles. The summed E-state index contributed by atoms with van der Waals surface area (Å²) < 4.78 is 6.73. The maximum Gasteiger partial charge on any atom is 0.257 e. The second-order valence-corrected chi connectivity index (χ2v) is 7.20. The summed E-state index contributed by atoms with van der Waals surface area (Å²) in [7, 11) is 0. The van der Waals surface area contributed by atoms with Crippen LogP contribution in [0.3, 0.4) is 0 Å². The SMILES string of the molecule is O=C(C1CCCO1)N(CCc1ccccc1)c1nc2ccccc2s1. The number of fused-ring (bicyclic) bond motifs is 1. The largest absolute Gasteiger partial charge is 0.368 e. The number of para-hydroxylation sites is 1. The van der Waals surface area contributed by atoms with Crippen molar-refractivity contribution in [3.63, 3.8) is 0 Å². The second-order valence-electron chi connectivity index (χ2n) is 6.19. The monoisotopic (exact) mass is 352 g/mol. The maximum atomic E-state index is 13.0. The molecule has 3 aromatic rings. The average molecular weight is 352 g/mol. The van der Waals surface area contributed by atoms with Crippen LogP contribution in [0.2, 0.25) is 0 Å². The fourth-order valence-electron chi connectivity index (χ4n) is 3.11. The van der Waals surface area contributed by atoms with Gasteiger partial charge in [-0.3, -0.25) is 9.69 Å². The van der Waals surface area contributed by atoms with Gasteiger partial charge in [-0.2, -0.15) is 0 Å². The molecule has 25 heavy (non-hydrogen) atoms. The van der Waals surface area contributed by atoms with Gasteiger partial charge in [-0.05, 0) is 37.0 Å². The molecule has 0 radical (unpaired) electrons. The Morgan fingerprint density at radius 2 is 1.96 bits per heavy atom. The van der Waals surface area contributed by atoms with E-state index in [9.17, 15) is 4.79 Å². The summed E-state index contributed by atoms with van der Waals surface area (Å²) in [5.41, 5.74) is 2.15. The van der Waals surface area contributed by atoms with E-state index in [1.807, 2.05) is 47.4 Å². The summed E-state index contributed by atoms with van der Waals surface area (Å²) in [4.78, 5) is 19.5. The van der Waals surface area contributed by atoms with Gasteiger partial charge in [0.1, 0.15) is 6.10 Å². The number of aromatic nitrogens is 1. The summed E-state index contributed by atoms with van der Waals surface area (Å²) in [5.74, 6) is 0.0347. The van der Waals surface area contributed by atoms with Gasteiger partial charge in [0.15, 0.2) is 5.13 Å². The first-order chi connectivity index (χ1) is 12.3. The first kappa shape index (κ1) is 16.2. The molecule has 0 aliphatic carbocycles. The van der Waals surface area contributed by atoms with Crippen molar-refractivity contribution in [1.29, 1.82) is 0 Å². The van der Waals surface area contributed by atoms with Crippen LogP contribution in [-0.4, -0.2) is 30.1 Å². The van der Waals surface area contributed by atoms with E-state index in [1.165, 1.54) is 5.56 Å². The van der Waals surface area contributed by atoms with Crippen molar-refractivity contribution < 1.29 is 9.53 Å². The predicted molar refractivity (Wildman–Crippen MR) is 101 cm³/mol. The van der Waals surface area contributed by atoms with Gasteiger partial charge in [-0.1, -0.05) is 53.8 Å². The van der Waals surface area contributed by atoms with Gasteiger partial charge < -0.3 is 4.74 Å². The fraction of sp³-hybridized carbons (Fsp3) is 0.300.